The molecule has 1 aromatic carbocycles. The van der Waals surface area contributed by atoms with Crippen molar-refractivity contribution < 1.29 is 18.8 Å². The molecule has 9 heteroatoms. The van der Waals surface area contributed by atoms with Crippen LogP contribution in [0.5, 0.6) is 6.01 Å². The van der Waals surface area contributed by atoms with Crippen LogP contribution in [0, 0.1) is 10.8 Å². The zero-order valence-electron chi connectivity index (χ0n) is 25.6. The van der Waals surface area contributed by atoms with E-state index < -0.39 is 0 Å². The van der Waals surface area contributed by atoms with E-state index in [0.717, 1.165) is 67.1 Å². The van der Waals surface area contributed by atoms with E-state index >= 15 is 0 Å². The third-order valence-corrected chi connectivity index (χ3v) is 9.62. The fourth-order valence-corrected chi connectivity index (χ4v) is 6.76. The van der Waals surface area contributed by atoms with Crippen LogP contribution in [-0.4, -0.2) is 52.4 Å². The fraction of sp³-hybridized carbons (Fsp3) is 0.606. The van der Waals surface area contributed by atoms with Gasteiger partial charge < -0.3 is 18.9 Å². The summed E-state index contributed by atoms with van der Waals surface area (Å²) in [5.41, 5.74) is 2.56. The standard InChI is InChI=1S/C33H43N5O4/c1-6-41-29-34-18-24(19-35-29)23-8-7-9-25(16-23)38(26(39)17-31(5)21-40-22-31)20-32-10-13-33(14-11-32,15-12-32)28-36-27(37-42-28)30(2,3)4/h7-9,16,18-19H,6,10-15,17,20-22H2,1-5H3. The van der Waals surface area contributed by atoms with E-state index in [2.05, 4.69) is 55.0 Å². The molecular formula is C33H43N5O4. The van der Waals surface area contributed by atoms with Crippen LogP contribution < -0.4 is 9.64 Å². The SMILES string of the molecule is CCOc1ncc(-c2cccc(N(CC34CCC(c5nc(C(C)(C)C)no5)(CC3)CC4)C(=O)CC3(C)COC3)c2)cn1. The van der Waals surface area contributed by atoms with E-state index in [1.807, 2.05) is 24.0 Å². The first kappa shape index (κ1) is 28.8. The number of fused-ring (bicyclic) bond motifs is 3. The van der Waals surface area contributed by atoms with Crippen molar-refractivity contribution in [3.63, 3.8) is 0 Å². The van der Waals surface area contributed by atoms with Gasteiger partial charge in [-0.05, 0) is 68.6 Å². The third kappa shape index (κ3) is 5.55. The molecule has 0 N–H and O–H groups in total. The topological polar surface area (TPSA) is 103 Å². The van der Waals surface area contributed by atoms with Gasteiger partial charge in [-0.1, -0.05) is 45.0 Å². The minimum atomic E-state index is -0.138. The molecule has 4 aliphatic rings. The number of nitrogens with zero attached hydrogens (tertiary/aromatic N) is 5. The lowest BCUT2D eigenvalue weighted by molar-refractivity contribution is -0.137. The molecule has 0 unspecified atom stereocenters. The van der Waals surface area contributed by atoms with Crippen LogP contribution in [0.1, 0.15) is 91.3 Å². The van der Waals surface area contributed by atoms with E-state index in [1.54, 1.807) is 12.4 Å². The number of hydrogen-bond acceptors (Lipinski definition) is 8. The fourth-order valence-electron chi connectivity index (χ4n) is 6.76. The summed E-state index contributed by atoms with van der Waals surface area (Å²) in [6.45, 7) is 12.9. The molecule has 3 saturated carbocycles. The Morgan fingerprint density at radius 3 is 2.29 bits per heavy atom. The maximum Gasteiger partial charge on any atom is 0.316 e. The monoisotopic (exact) mass is 573 g/mol. The van der Waals surface area contributed by atoms with Crippen molar-refractivity contribution >= 4 is 11.6 Å². The summed E-state index contributed by atoms with van der Waals surface area (Å²) < 4.78 is 16.8. The van der Waals surface area contributed by atoms with E-state index in [-0.39, 0.29) is 27.6 Å². The van der Waals surface area contributed by atoms with Crippen molar-refractivity contribution in [3.05, 3.63) is 48.4 Å². The Morgan fingerprint density at radius 1 is 1.02 bits per heavy atom. The second-order valence-electron chi connectivity index (χ2n) is 14.2. The lowest BCUT2D eigenvalue weighted by Crippen LogP contribution is -2.52. The van der Waals surface area contributed by atoms with E-state index in [1.165, 1.54) is 0 Å². The molecule has 3 heterocycles. The second kappa shape index (κ2) is 10.7. The zero-order valence-corrected chi connectivity index (χ0v) is 25.6. The van der Waals surface area contributed by atoms with Crippen molar-refractivity contribution in [2.75, 3.05) is 31.3 Å². The van der Waals surface area contributed by atoms with Gasteiger partial charge in [-0.15, -0.1) is 0 Å². The van der Waals surface area contributed by atoms with Gasteiger partial charge in [-0.2, -0.15) is 4.98 Å². The third-order valence-electron chi connectivity index (χ3n) is 9.62. The van der Waals surface area contributed by atoms with E-state index in [0.29, 0.717) is 38.8 Å². The number of anilines is 1. The van der Waals surface area contributed by atoms with Crippen molar-refractivity contribution in [2.24, 2.45) is 10.8 Å². The number of aromatic nitrogens is 4. The molecule has 42 heavy (non-hydrogen) atoms. The average Bonchev–Trinajstić information content (AvgIpc) is 3.49. The number of hydrogen-bond donors (Lipinski definition) is 0. The van der Waals surface area contributed by atoms with Crippen molar-refractivity contribution in [2.45, 2.75) is 90.4 Å². The maximum absolute atomic E-state index is 14.0. The highest BCUT2D eigenvalue weighted by molar-refractivity contribution is 5.94. The highest BCUT2D eigenvalue weighted by atomic mass is 16.5. The highest BCUT2D eigenvalue weighted by Gasteiger charge is 2.53. The van der Waals surface area contributed by atoms with Crippen LogP contribution in [0.4, 0.5) is 5.69 Å². The van der Waals surface area contributed by atoms with Crippen molar-refractivity contribution in [3.8, 4) is 17.1 Å². The zero-order chi connectivity index (χ0) is 29.6. The maximum atomic E-state index is 14.0. The van der Waals surface area contributed by atoms with Gasteiger partial charge in [0, 0.05) is 52.9 Å². The molecule has 0 atom stereocenters. The van der Waals surface area contributed by atoms with Gasteiger partial charge in [0.05, 0.1) is 19.8 Å². The largest absolute Gasteiger partial charge is 0.464 e. The molecule has 3 aromatic rings. The molecule has 4 fully saturated rings. The quantitative estimate of drug-likeness (QED) is 0.295. The van der Waals surface area contributed by atoms with Gasteiger partial charge in [-0.3, -0.25) is 4.79 Å². The molecule has 7 rings (SSSR count). The summed E-state index contributed by atoms with van der Waals surface area (Å²) in [6.07, 6.45) is 10.2. The molecule has 1 saturated heterocycles. The number of rotatable bonds is 9. The summed E-state index contributed by atoms with van der Waals surface area (Å²) in [4.78, 5) is 29.6. The first-order valence-corrected chi connectivity index (χ1v) is 15.3. The first-order valence-electron chi connectivity index (χ1n) is 15.3. The molecule has 3 aliphatic carbocycles. The summed E-state index contributed by atoms with van der Waals surface area (Å²) in [5.74, 6) is 1.73. The van der Waals surface area contributed by atoms with Crippen LogP contribution in [0.15, 0.2) is 41.2 Å². The Hall–Kier alpha value is -3.33. The molecule has 9 nitrogen and oxygen atoms in total. The predicted octanol–water partition coefficient (Wildman–Crippen LogP) is 6.27. The normalized spacial score (nSPS) is 24.7. The number of carbonyl (C=O) groups is 1. The molecule has 2 aromatic heterocycles. The molecule has 1 amide bonds. The molecular weight excluding hydrogens is 530 g/mol. The predicted molar refractivity (Wildman–Crippen MR) is 159 cm³/mol. The Labute approximate surface area is 248 Å². The van der Waals surface area contributed by atoms with Gasteiger partial charge in [0.15, 0.2) is 5.82 Å². The Morgan fingerprint density at radius 2 is 1.71 bits per heavy atom. The molecule has 224 valence electrons. The number of ether oxygens (including phenoxy) is 2. The van der Waals surface area contributed by atoms with Gasteiger partial charge in [0.1, 0.15) is 0 Å². The second-order valence-corrected chi connectivity index (χ2v) is 14.2. The Balaban J connectivity index is 1.24. The first-order chi connectivity index (χ1) is 20.0. The van der Waals surface area contributed by atoms with Gasteiger partial charge in [0.2, 0.25) is 11.8 Å². The average molecular weight is 574 g/mol. The van der Waals surface area contributed by atoms with E-state index in [9.17, 15) is 4.79 Å². The molecule has 2 bridgehead atoms. The van der Waals surface area contributed by atoms with E-state index in [4.69, 9.17) is 19.0 Å². The smallest absolute Gasteiger partial charge is 0.316 e. The van der Waals surface area contributed by atoms with Gasteiger partial charge in [0.25, 0.3) is 0 Å². The Bertz CT molecular complexity index is 1400. The lowest BCUT2D eigenvalue weighted by Gasteiger charge is -2.53. The van der Waals surface area contributed by atoms with Crippen LogP contribution in [0.25, 0.3) is 11.1 Å². The molecule has 1 aliphatic heterocycles. The summed E-state index contributed by atoms with van der Waals surface area (Å²) in [5, 5.41) is 4.33. The van der Waals surface area contributed by atoms with Crippen LogP contribution in [0.3, 0.4) is 0 Å². The summed E-state index contributed by atoms with van der Waals surface area (Å²) in [6, 6.07) is 8.56. The minimum Gasteiger partial charge on any atom is -0.464 e. The minimum absolute atomic E-state index is 0.0442. The van der Waals surface area contributed by atoms with Crippen molar-refractivity contribution in [1.29, 1.82) is 0 Å². The number of amides is 1. The van der Waals surface area contributed by atoms with Crippen LogP contribution >= 0.6 is 0 Å². The summed E-state index contributed by atoms with van der Waals surface area (Å²) in [7, 11) is 0. The number of carbonyl (C=O) groups excluding carboxylic acids is 1. The van der Waals surface area contributed by atoms with Gasteiger partial charge in [-0.25, -0.2) is 9.97 Å². The molecule has 0 radical (unpaired) electrons. The highest BCUT2D eigenvalue weighted by Crippen LogP contribution is 2.58. The van der Waals surface area contributed by atoms with Gasteiger partial charge >= 0.3 is 6.01 Å². The summed E-state index contributed by atoms with van der Waals surface area (Å²) >= 11 is 0. The van der Waals surface area contributed by atoms with Crippen molar-refractivity contribution in [1.82, 2.24) is 20.1 Å². The number of benzene rings is 1. The van der Waals surface area contributed by atoms with Crippen LogP contribution in [0.2, 0.25) is 0 Å². The molecule has 0 spiro atoms. The lowest BCUT2D eigenvalue weighted by atomic mass is 9.53. The Kier molecular flexibility index (Phi) is 7.36. The van der Waals surface area contributed by atoms with Crippen LogP contribution in [-0.2, 0) is 20.4 Å².